The van der Waals surface area contributed by atoms with Crippen LogP contribution in [0.25, 0.3) is 0 Å². The van der Waals surface area contributed by atoms with Gasteiger partial charge in [-0.2, -0.15) is 0 Å². The molecule has 0 saturated carbocycles. The molecule has 0 spiro atoms. The molecule has 0 aliphatic heterocycles. The zero-order valence-corrected chi connectivity index (χ0v) is 10.0. The molecule has 0 saturated heterocycles. The largest absolute Gasteiger partial charge is 0.481 e. The van der Waals surface area contributed by atoms with Gasteiger partial charge in [0.25, 0.3) is 0 Å². The topological polar surface area (TPSA) is 65.3 Å². The third-order valence-electron chi connectivity index (χ3n) is 1.95. The zero-order chi connectivity index (χ0) is 11.4. The predicted molar refractivity (Wildman–Crippen MR) is 58.6 cm³/mol. The first-order valence-electron chi connectivity index (χ1n) is 4.37. The van der Waals surface area contributed by atoms with Gasteiger partial charge in [0.15, 0.2) is 0 Å². The highest BCUT2D eigenvalue weighted by Gasteiger charge is 2.16. The molecule has 0 aromatic carbocycles. The first-order chi connectivity index (χ1) is 7.04. The lowest BCUT2D eigenvalue weighted by atomic mass is 10.2. The molecule has 0 fully saturated rings. The molecule has 0 N–H and O–H groups in total. The minimum Gasteiger partial charge on any atom is -0.481 e. The maximum atomic E-state index is 10.5. The minimum atomic E-state index is -0.652. The molecule has 1 heterocycles. The number of hydrogen-bond donors (Lipinski definition) is 0. The lowest BCUT2D eigenvalue weighted by Crippen LogP contribution is -2.18. The molecule has 1 aromatic heterocycles. The van der Waals surface area contributed by atoms with Crippen molar-refractivity contribution in [2.45, 2.75) is 19.4 Å². The van der Waals surface area contributed by atoms with Crippen molar-refractivity contribution in [1.82, 2.24) is 4.98 Å². The van der Waals surface area contributed by atoms with E-state index in [0.29, 0.717) is 11.6 Å². The van der Waals surface area contributed by atoms with Crippen molar-refractivity contribution in [3.05, 3.63) is 32.4 Å². The van der Waals surface area contributed by atoms with Crippen molar-refractivity contribution in [2.24, 2.45) is 0 Å². The lowest BCUT2D eigenvalue weighted by molar-refractivity contribution is -0.517. The van der Waals surface area contributed by atoms with Gasteiger partial charge in [-0.25, -0.2) is 4.98 Å². The van der Waals surface area contributed by atoms with E-state index in [9.17, 15) is 10.1 Å². The van der Waals surface area contributed by atoms with Gasteiger partial charge < -0.3 is 4.74 Å². The first-order valence-corrected chi connectivity index (χ1v) is 5.16. The summed E-state index contributed by atoms with van der Waals surface area (Å²) in [6.07, 6.45) is 0.283. The second-order valence-electron chi connectivity index (χ2n) is 3.12. The Bertz CT molecular complexity index is 370. The summed E-state index contributed by atoms with van der Waals surface area (Å²) in [6.45, 7) is 1.55. The molecule has 0 radical (unpaired) electrons. The summed E-state index contributed by atoms with van der Waals surface area (Å²) >= 11 is 3.30. The van der Waals surface area contributed by atoms with Gasteiger partial charge in [0.1, 0.15) is 0 Å². The van der Waals surface area contributed by atoms with Gasteiger partial charge >= 0.3 is 0 Å². The van der Waals surface area contributed by atoms with Crippen molar-refractivity contribution >= 4 is 15.9 Å². The van der Waals surface area contributed by atoms with Gasteiger partial charge in [-0.15, -0.1) is 0 Å². The Hall–Kier alpha value is -1.17. The predicted octanol–water partition coefficient (Wildman–Crippen LogP) is 2.06. The maximum Gasteiger partial charge on any atom is 0.215 e. The normalized spacial score (nSPS) is 12.2. The summed E-state index contributed by atoms with van der Waals surface area (Å²) in [5.74, 6) is 0.462. The van der Waals surface area contributed by atoms with Crippen LogP contribution in [0.1, 0.15) is 12.6 Å². The number of nitro groups is 1. The molecule has 5 nitrogen and oxygen atoms in total. The van der Waals surface area contributed by atoms with E-state index < -0.39 is 6.04 Å². The van der Waals surface area contributed by atoms with E-state index in [4.69, 9.17) is 4.74 Å². The summed E-state index contributed by atoms with van der Waals surface area (Å²) < 4.78 is 5.71. The minimum absolute atomic E-state index is 0.283. The molecule has 0 aliphatic carbocycles. The first kappa shape index (κ1) is 11.9. The second-order valence-corrected chi connectivity index (χ2v) is 3.97. The van der Waals surface area contributed by atoms with Gasteiger partial charge in [-0.3, -0.25) is 10.1 Å². The van der Waals surface area contributed by atoms with Crippen LogP contribution in [0.4, 0.5) is 0 Å². The summed E-state index contributed by atoms with van der Waals surface area (Å²) in [7, 11) is 1.51. The molecule has 1 unspecified atom stereocenters. The van der Waals surface area contributed by atoms with Crippen molar-refractivity contribution < 1.29 is 9.66 Å². The Balaban J connectivity index is 2.88. The third kappa shape index (κ3) is 3.16. The third-order valence-corrected chi connectivity index (χ3v) is 2.67. The smallest absolute Gasteiger partial charge is 0.215 e. The fraction of sp³-hybridized carbons (Fsp3) is 0.444. The molecule has 1 atom stereocenters. The van der Waals surface area contributed by atoms with Crippen LogP contribution in [-0.4, -0.2) is 23.1 Å². The Morgan fingerprint density at radius 1 is 1.67 bits per heavy atom. The van der Waals surface area contributed by atoms with Crippen LogP contribution in [0.3, 0.4) is 0 Å². The van der Waals surface area contributed by atoms with E-state index in [2.05, 4.69) is 20.9 Å². The highest BCUT2D eigenvalue weighted by Crippen LogP contribution is 2.20. The quantitative estimate of drug-likeness (QED) is 0.623. The summed E-state index contributed by atoms with van der Waals surface area (Å²) in [6, 6.07) is 2.82. The molecular weight excluding hydrogens is 264 g/mol. The van der Waals surface area contributed by atoms with E-state index in [1.807, 2.05) is 0 Å². The number of methoxy groups -OCH3 is 1. The summed E-state index contributed by atoms with van der Waals surface area (Å²) in [5, 5.41) is 10.5. The van der Waals surface area contributed by atoms with Crippen molar-refractivity contribution in [1.29, 1.82) is 0 Å². The van der Waals surface area contributed by atoms with E-state index >= 15 is 0 Å². The highest BCUT2D eigenvalue weighted by molar-refractivity contribution is 9.10. The summed E-state index contributed by atoms with van der Waals surface area (Å²) in [4.78, 5) is 14.3. The number of pyridine rings is 1. The Morgan fingerprint density at radius 3 is 2.87 bits per heavy atom. The average molecular weight is 275 g/mol. The second kappa shape index (κ2) is 5.06. The molecule has 0 bridgehead atoms. The molecule has 82 valence electrons. The standard InChI is InChI=1S/C9H11BrN2O3/c1-6(12(13)14)5-8-7(10)3-4-9(11-8)15-2/h3-4,6H,5H2,1-2H3. The number of aromatic nitrogens is 1. The molecular formula is C9H11BrN2O3. The van der Waals surface area contributed by atoms with Crippen LogP contribution >= 0.6 is 15.9 Å². The van der Waals surface area contributed by atoms with E-state index in [1.165, 1.54) is 7.11 Å². The van der Waals surface area contributed by atoms with Crippen LogP contribution in [-0.2, 0) is 6.42 Å². The number of rotatable bonds is 4. The fourth-order valence-corrected chi connectivity index (χ4v) is 1.46. The molecule has 1 aromatic rings. The summed E-state index contributed by atoms with van der Waals surface area (Å²) in [5.41, 5.74) is 0.638. The fourth-order valence-electron chi connectivity index (χ4n) is 1.08. The highest BCUT2D eigenvalue weighted by atomic mass is 79.9. The van der Waals surface area contributed by atoms with Crippen LogP contribution in [0.15, 0.2) is 16.6 Å². The van der Waals surface area contributed by atoms with Gasteiger partial charge in [-0.05, 0) is 22.0 Å². The van der Waals surface area contributed by atoms with Gasteiger partial charge in [0, 0.05) is 22.4 Å². The molecule has 1 rings (SSSR count). The number of ether oxygens (including phenoxy) is 1. The molecule has 6 heteroatoms. The number of halogens is 1. The zero-order valence-electron chi connectivity index (χ0n) is 8.44. The monoisotopic (exact) mass is 274 g/mol. The SMILES string of the molecule is COc1ccc(Br)c(CC(C)[N+](=O)[O-])n1. The van der Waals surface area contributed by atoms with Gasteiger partial charge in [0.2, 0.25) is 11.9 Å². The van der Waals surface area contributed by atoms with Crippen molar-refractivity contribution in [3.8, 4) is 5.88 Å². The van der Waals surface area contributed by atoms with Crippen LogP contribution in [0.5, 0.6) is 5.88 Å². The van der Waals surface area contributed by atoms with Crippen LogP contribution < -0.4 is 4.74 Å². The van der Waals surface area contributed by atoms with Crippen molar-refractivity contribution in [2.75, 3.05) is 7.11 Å². The van der Waals surface area contributed by atoms with Gasteiger partial charge in [-0.1, -0.05) is 0 Å². The van der Waals surface area contributed by atoms with E-state index in [-0.39, 0.29) is 11.3 Å². The van der Waals surface area contributed by atoms with Crippen LogP contribution in [0, 0.1) is 10.1 Å². The van der Waals surface area contributed by atoms with E-state index in [0.717, 1.165) is 4.47 Å². The van der Waals surface area contributed by atoms with E-state index in [1.54, 1.807) is 19.1 Å². The Labute approximate surface area is 95.7 Å². The van der Waals surface area contributed by atoms with Crippen molar-refractivity contribution in [3.63, 3.8) is 0 Å². The lowest BCUT2D eigenvalue weighted by Gasteiger charge is -2.07. The molecule has 0 aliphatic rings. The Morgan fingerprint density at radius 2 is 2.33 bits per heavy atom. The molecule has 0 amide bonds. The van der Waals surface area contributed by atoms with Gasteiger partial charge in [0.05, 0.1) is 19.2 Å². The average Bonchev–Trinajstić information content (AvgIpc) is 2.21. The van der Waals surface area contributed by atoms with Crippen LogP contribution in [0.2, 0.25) is 0 Å². The number of nitrogens with zero attached hydrogens (tertiary/aromatic N) is 2. The molecule has 15 heavy (non-hydrogen) atoms. The number of hydrogen-bond acceptors (Lipinski definition) is 4. The Kier molecular flexibility index (Phi) is 4.02. The maximum absolute atomic E-state index is 10.5.